The van der Waals surface area contributed by atoms with Crippen LogP contribution in [0.3, 0.4) is 0 Å². The minimum atomic E-state index is -1.11. The predicted octanol–water partition coefficient (Wildman–Crippen LogP) is 5.72. The molecule has 2 N–H and O–H groups in total. The van der Waals surface area contributed by atoms with E-state index in [9.17, 15) is 4.79 Å². The summed E-state index contributed by atoms with van der Waals surface area (Å²) in [6.45, 7) is 4.42. The molecule has 0 aliphatic carbocycles. The summed E-state index contributed by atoms with van der Waals surface area (Å²) in [7, 11) is 0. The van der Waals surface area contributed by atoms with Gasteiger partial charge in [0, 0.05) is 29.9 Å². The molecular formula is C28H26N2O6. The van der Waals surface area contributed by atoms with E-state index in [1.54, 1.807) is 24.4 Å². The normalized spacial score (nSPS) is 11.2. The molecule has 0 saturated carbocycles. The summed E-state index contributed by atoms with van der Waals surface area (Å²) in [6.07, 6.45) is 4.49. The van der Waals surface area contributed by atoms with E-state index in [1.807, 2.05) is 43.5 Å². The molecule has 0 saturated heterocycles. The van der Waals surface area contributed by atoms with Gasteiger partial charge in [-0.15, -0.1) is 0 Å². The van der Waals surface area contributed by atoms with E-state index in [0.29, 0.717) is 29.1 Å². The average Bonchev–Trinajstić information content (AvgIpc) is 3.46. The summed E-state index contributed by atoms with van der Waals surface area (Å²) >= 11 is 0. The Bertz CT molecular complexity index is 1490. The molecule has 0 bridgehead atoms. The molecule has 5 aromatic rings. The van der Waals surface area contributed by atoms with Gasteiger partial charge in [0.05, 0.1) is 12.0 Å². The highest BCUT2D eigenvalue weighted by atomic mass is 16.5. The van der Waals surface area contributed by atoms with Gasteiger partial charge in [0.15, 0.2) is 0 Å². The molecule has 0 unspecified atom stereocenters. The highest BCUT2D eigenvalue weighted by molar-refractivity contribution is 5.92. The fourth-order valence-electron chi connectivity index (χ4n) is 4.05. The summed E-state index contributed by atoms with van der Waals surface area (Å²) in [5, 5.41) is 14.1. The minimum Gasteiger partial charge on any atom is -0.493 e. The lowest BCUT2D eigenvalue weighted by atomic mass is 10.1. The van der Waals surface area contributed by atoms with Crippen molar-refractivity contribution in [2.45, 2.75) is 26.5 Å². The van der Waals surface area contributed by atoms with Crippen LogP contribution in [0.5, 0.6) is 11.5 Å². The van der Waals surface area contributed by atoms with Gasteiger partial charge in [-0.05, 0) is 67.9 Å². The van der Waals surface area contributed by atoms with Gasteiger partial charge in [-0.3, -0.25) is 4.98 Å². The van der Waals surface area contributed by atoms with Crippen molar-refractivity contribution in [3.05, 3.63) is 89.6 Å². The van der Waals surface area contributed by atoms with Crippen molar-refractivity contribution in [3.8, 4) is 11.5 Å². The van der Waals surface area contributed by atoms with Crippen LogP contribution in [0.2, 0.25) is 0 Å². The number of ether oxygens (including phenoxy) is 2. The molecule has 3 aromatic heterocycles. The second-order valence-corrected chi connectivity index (χ2v) is 8.42. The first-order chi connectivity index (χ1) is 17.6. The third-order valence-corrected chi connectivity index (χ3v) is 5.89. The summed E-state index contributed by atoms with van der Waals surface area (Å²) in [5.41, 5.74) is 3.36. The Balaban J connectivity index is 1.19. The first kappa shape index (κ1) is 23.4. The number of fused-ring (bicyclic) bond motifs is 2. The zero-order chi connectivity index (χ0) is 24.9. The van der Waals surface area contributed by atoms with Crippen molar-refractivity contribution in [2.24, 2.45) is 0 Å². The number of benzene rings is 2. The van der Waals surface area contributed by atoms with E-state index >= 15 is 0 Å². The van der Waals surface area contributed by atoms with Crippen molar-refractivity contribution >= 4 is 27.9 Å². The maximum atomic E-state index is 11.1. The van der Waals surface area contributed by atoms with Crippen LogP contribution in [0.25, 0.3) is 21.9 Å². The maximum Gasteiger partial charge on any atom is 0.371 e. The lowest BCUT2D eigenvalue weighted by molar-refractivity contribution is 0.0665. The standard InChI is InChI=1S/C28H26N2O6/c1-18-26(17-34-21-8-9-22-20(13-21)14-25(35-22)28(31)32)36-24-7-2-6-23(27(18)24)33-12-4-11-30-16-19-5-3-10-29-15-19/h2-3,5-10,13-15,30H,4,11-12,16-17H2,1H3,(H,31,32). The number of carboxylic acid groups (broad SMARTS) is 1. The molecular weight excluding hydrogens is 460 g/mol. The molecule has 0 spiro atoms. The number of aromatic nitrogens is 1. The SMILES string of the molecule is Cc1c(COc2ccc3oc(C(=O)O)cc3c2)oc2cccc(OCCCNCc3cccnc3)c12. The number of hydrogen-bond acceptors (Lipinski definition) is 7. The van der Waals surface area contributed by atoms with Crippen LogP contribution in [0, 0.1) is 6.92 Å². The highest BCUT2D eigenvalue weighted by Gasteiger charge is 2.16. The number of aromatic carboxylic acids is 1. The van der Waals surface area contributed by atoms with Gasteiger partial charge in [-0.1, -0.05) is 12.1 Å². The topological polar surface area (TPSA) is 107 Å². The molecule has 0 aliphatic rings. The second kappa shape index (κ2) is 10.5. The molecule has 2 aromatic carbocycles. The molecule has 8 heteroatoms. The predicted molar refractivity (Wildman–Crippen MR) is 135 cm³/mol. The van der Waals surface area contributed by atoms with Crippen LogP contribution in [0.1, 0.15) is 33.9 Å². The summed E-state index contributed by atoms with van der Waals surface area (Å²) in [5.74, 6) is 0.874. The van der Waals surface area contributed by atoms with Crippen LogP contribution < -0.4 is 14.8 Å². The van der Waals surface area contributed by atoms with Crippen molar-refractivity contribution in [1.29, 1.82) is 0 Å². The van der Waals surface area contributed by atoms with E-state index in [0.717, 1.165) is 47.4 Å². The van der Waals surface area contributed by atoms with E-state index in [2.05, 4.69) is 10.3 Å². The summed E-state index contributed by atoms with van der Waals surface area (Å²) in [6, 6.07) is 16.4. The van der Waals surface area contributed by atoms with E-state index in [1.165, 1.54) is 6.07 Å². The number of aryl methyl sites for hydroxylation is 1. The third-order valence-electron chi connectivity index (χ3n) is 5.89. The molecule has 3 heterocycles. The zero-order valence-electron chi connectivity index (χ0n) is 19.8. The van der Waals surface area contributed by atoms with Crippen LogP contribution in [-0.2, 0) is 13.2 Å². The Kier molecular flexibility index (Phi) is 6.86. The molecule has 0 radical (unpaired) electrons. The smallest absolute Gasteiger partial charge is 0.371 e. The Hall–Kier alpha value is -4.30. The van der Waals surface area contributed by atoms with Gasteiger partial charge in [0.25, 0.3) is 0 Å². The molecule has 36 heavy (non-hydrogen) atoms. The Morgan fingerprint density at radius 2 is 1.97 bits per heavy atom. The van der Waals surface area contributed by atoms with Crippen molar-refractivity contribution in [2.75, 3.05) is 13.2 Å². The highest BCUT2D eigenvalue weighted by Crippen LogP contribution is 2.34. The lowest BCUT2D eigenvalue weighted by Crippen LogP contribution is -2.17. The number of carboxylic acids is 1. The Labute approximate surface area is 207 Å². The summed E-state index contributed by atoms with van der Waals surface area (Å²) in [4.78, 5) is 15.3. The molecule has 8 nitrogen and oxygen atoms in total. The summed E-state index contributed by atoms with van der Waals surface area (Å²) < 4.78 is 23.4. The van der Waals surface area contributed by atoms with Gasteiger partial charge in [0.1, 0.15) is 35.0 Å². The average molecular weight is 487 g/mol. The third kappa shape index (κ3) is 5.18. The van der Waals surface area contributed by atoms with Crippen LogP contribution in [-0.4, -0.2) is 29.2 Å². The first-order valence-electron chi connectivity index (χ1n) is 11.7. The van der Waals surface area contributed by atoms with Gasteiger partial charge < -0.3 is 28.7 Å². The van der Waals surface area contributed by atoms with E-state index in [4.69, 9.17) is 23.4 Å². The van der Waals surface area contributed by atoms with Crippen LogP contribution >= 0.6 is 0 Å². The molecule has 0 atom stereocenters. The van der Waals surface area contributed by atoms with Crippen molar-refractivity contribution in [1.82, 2.24) is 10.3 Å². The fraction of sp³-hybridized carbons (Fsp3) is 0.214. The van der Waals surface area contributed by atoms with Gasteiger partial charge in [0.2, 0.25) is 5.76 Å². The van der Waals surface area contributed by atoms with Crippen molar-refractivity contribution < 1.29 is 28.2 Å². The van der Waals surface area contributed by atoms with Gasteiger partial charge in [-0.25, -0.2) is 4.79 Å². The monoisotopic (exact) mass is 486 g/mol. The lowest BCUT2D eigenvalue weighted by Gasteiger charge is -2.09. The maximum absolute atomic E-state index is 11.1. The zero-order valence-corrected chi connectivity index (χ0v) is 19.8. The number of pyridine rings is 1. The first-order valence-corrected chi connectivity index (χ1v) is 11.7. The number of rotatable bonds is 11. The molecule has 0 fully saturated rings. The molecule has 5 rings (SSSR count). The number of carbonyl (C=O) groups is 1. The minimum absolute atomic E-state index is 0.105. The molecule has 184 valence electrons. The number of hydrogen-bond donors (Lipinski definition) is 2. The number of nitrogens with zero attached hydrogens (tertiary/aromatic N) is 1. The number of nitrogens with one attached hydrogen (secondary N) is 1. The van der Waals surface area contributed by atoms with E-state index in [-0.39, 0.29) is 12.4 Å². The number of furan rings is 2. The van der Waals surface area contributed by atoms with Gasteiger partial charge >= 0.3 is 5.97 Å². The second-order valence-electron chi connectivity index (χ2n) is 8.42. The molecule has 0 amide bonds. The van der Waals surface area contributed by atoms with Crippen LogP contribution in [0.4, 0.5) is 0 Å². The van der Waals surface area contributed by atoms with E-state index < -0.39 is 5.97 Å². The quantitative estimate of drug-likeness (QED) is 0.228. The van der Waals surface area contributed by atoms with Crippen LogP contribution in [0.15, 0.2) is 75.8 Å². The largest absolute Gasteiger partial charge is 0.493 e. The molecule has 0 aliphatic heterocycles. The fourth-order valence-corrected chi connectivity index (χ4v) is 4.05. The van der Waals surface area contributed by atoms with Gasteiger partial charge in [-0.2, -0.15) is 0 Å². The Morgan fingerprint density at radius 3 is 2.81 bits per heavy atom. The Morgan fingerprint density at radius 1 is 1.06 bits per heavy atom. The van der Waals surface area contributed by atoms with Crippen molar-refractivity contribution in [3.63, 3.8) is 0 Å².